The predicted octanol–water partition coefficient (Wildman–Crippen LogP) is 3.29. The summed E-state index contributed by atoms with van der Waals surface area (Å²) >= 11 is 0. The normalized spacial score (nSPS) is 18.4. The van der Waals surface area contributed by atoms with Gasteiger partial charge in [-0.2, -0.15) is 0 Å². The Balaban J connectivity index is 2.40. The number of esters is 1. The van der Waals surface area contributed by atoms with Crippen molar-refractivity contribution in [1.29, 1.82) is 0 Å². The van der Waals surface area contributed by atoms with E-state index in [1.54, 1.807) is 53.7 Å². The van der Waals surface area contributed by atoms with Gasteiger partial charge in [-0.25, -0.2) is 4.79 Å². The zero-order valence-electron chi connectivity index (χ0n) is 22.9. The van der Waals surface area contributed by atoms with Crippen LogP contribution in [0.4, 0.5) is 4.79 Å². The van der Waals surface area contributed by atoms with Crippen molar-refractivity contribution in [2.75, 3.05) is 13.2 Å². The molecule has 3 N–H and O–H groups in total. The number of nitrogens with one attached hydrogen (secondary N) is 2. The van der Waals surface area contributed by atoms with Crippen molar-refractivity contribution < 1.29 is 33.8 Å². The molecule has 1 aliphatic rings. The summed E-state index contributed by atoms with van der Waals surface area (Å²) in [4.78, 5) is 53.4. The van der Waals surface area contributed by atoms with Gasteiger partial charge in [0.15, 0.2) is 0 Å². The summed E-state index contributed by atoms with van der Waals surface area (Å²) in [5, 5.41) is 15.6. The highest BCUT2D eigenvalue weighted by Gasteiger charge is 2.48. The van der Waals surface area contributed by atoms with Gasteiger partial charge in [0.1, 0.15) is 23.4 Å². The fourth-order valence-corrected chi connectivity index (χ4v) is 4.03. The number of ether oxygens (including phenoxy) is 2. The number of nitrogens with zero attached hydrogens (tertiary/aromatic N) is 1. The molecule has 1 aromatic carbocycles. The van der Waals surface area contributed by atoms with E-state index in [1.807, 2.05) is 6.92 Å². The number of carbonyl (C=O) groups excluding carboxylic acids is 4. The van der Waals surface area contributed by atoms with Crippen LogP contribution in [0.2, 0.25) is 0 Å². The van der Waals surface area contributed by atoms with Gasteiger partial charge in [0.2, 0.25) is 11.8 Å². The molecule has 37 heavy (non-hydrogen) atoms. The molecule has 1 saturated carbocycles. The highest BCUT2D eigenvalue weighted by atomic mass is 16.6. The van der Waals surface area contributed by atoms with Crippen molar-refractivity contribution in [2.24, 2.45) is 11.8 Å². The van der Waals surface area contributed by atoms with E-state index in [2.05, 4.69) is 10.6 Å². The van der Waals surface area contributed by atoms with E-state index in [0.29, 0.717) is 12.0 Å². The Morgan fingerprint density at radius 3 is 2.35 bits per heavy atom. The molecule has 0 aliphatic heterocycles. The average Bonchev–Trinajstić information content (AvgIpc) is 3.49. The molecule has 10 heteroatoms. The lowest BCUT2D eigenvalue weighted by Gasteiger charge is -2.36. The van der Waals surface area contributed by atoms with Crippen LogP contribution in [0, 0.1) is 11.8 Å². The molecule has 1 aliphatic carbocycles. The molecule has 1 fully saturated rings. The largest absolute Gasteiger partial charge is 0.508 e. The van der Waals surface area contributed by atoms with Crippen LogP contribution < -0.4 is 10.6 Å². The van der Waals surface area contributed by atoms with Crippen LogP contribution in [0.3, 0.4) is 0 Å². The van der Waals surface area contributed by atoms with Crippen molar-refractivity contribution in [3.8, 4) is 5.75 Å². The Labute approximate surface area is 219 Å². The number of rotatable bonds is 11. The molecule has 0 bridgehead atoms. The Hall–Kier alpha value is -3.30. The first-order chi connectivity index (χ1) is 17.2. The fraction of sp³-hybridized carbons (Fsp3) is 0.630. The maximum atomic E-state index is 14.0. The lowest BCUT2D eigenvalue weighted by molar-refractivity contribution is -0.145. The Kier molecular flexibility index (Phi) is 10.3. The summed E-state index contributed by atoms with van der Waals surface area (Å²) in [5.41, 5.74) is -0.330. The quantitative estimate of drug-likeness (QED) is 0.382. The van der Waals surface area contributed by atoms with Gasteiger partial charge in [0.05, 0.1) is 13.0 Å². The van der Waals surface area contributed by atoms with Gasteiger partial charge < -0.3 is 30.1 Å². The predicted molar refractivity (Wildman–Crippen MR) is 138 cm³/mol. The van der Waals surface area contributed by atoms with Crippen LogP contribution in [-0.4, -0.2) is 64.7 Å². The van der Waals surface area contributed by atoms with E-state index in [0.717, 1.165) is 0 Å². The number of aromatic hydroxyl groups is 1. The highest BCUT2D eigenvalue weighted by Crippen LogP contribution is 2.41. The molecule has 0 spiro atoms. The molecule has 206 valence electrons. The summed E-state index contributed by atoms with van der Waals surface area (Å²) in [6, 6.07) is 3.90. The molecule has 2 rings (SSSR count). The first-order valence-electron chi connectivity index (χ1n) is 12.8. The second-order valence-electron chi connectivity index (χ2n) is 10.7. The van der Waals surface area contributed by atoms with Crippen LogP contribution >= 0.6 is 0 Å². The van der Waals surface area contributed by atoms with Crippen molar-refractivity contribution in [3.05, 3.63) is 29.8 Å². The summed E-state index contributed by atoms with van der Waals surface area (Å²) in [6.45, 7) is 12.7. The van der Waals surface area contributed by atoms with Crippen molar-refractivity contribution in [1.82, 2.24) is 15.5 Å². The maximum absolute atomic E-state index is 14.0. The minimum absolute atomic E-state index is 0.0189. The van der Waals surface area contributed by atoms with Gasteiger partial charge in [-0.1, -0.05) is 32.9 Å². The molecule has 4 atom stereocenters. The smallest absolute Gasteiger partial charge is 0.408 e. The Bertz CT molecular complexity index is 973. The zero-order valence-corrected chi connectivity index (χ0v) is 22.9. The SMILES string of the molecule is CCOC(=O)CCNC(=O)C(c1cccc(O)c1)N(C(=O)C(NC(=O)OC(C)(C)C)C(C)C)C1CC1C. The van der Waals surface area contributed by atoms with Crippen LogP contribution in [0.1, 0.15) is 72.9 Å². The summed E-state index contributed by atoms with van der Waals surface area (Å²) in [7, 11) is 0. The second kappa shape index (κ2) is 12.8. The van der Waals surface area contributed by atoms with Gasteiger partial charge in [0, 0.05) is 12.6 Å². The number of hydrogen-bond donors (Lipinski definition) is 3. The van der Waals surface area contributed by atoms with Crippen molar-refractivity contribution in [3.63, 3.8) is 0 Å². The van der Waals surface area contributed by atoms with Crippen molar-refractivity contribution >= 4 is 23.9 Å². The first-order valence-corrected chi connectivity index (χ1v) is 12.8. The lowest BCUT2D eigenvalue weighted by Crippen LogP contribution is -2.55. The lowest BCUT2D eigenvalue weighted by atomic mass is 9.98. The van der Waals surface area contributed by atoms with Crippen molar-refractivity contribution in [2.45, 2.75) is 85.0 Å². The average molecular weight is 520 g/mol. The molecule has 1 aromatic rings. The van der Waals surface area contributed by atoms with Gasteiger partial charge in [-0.3, -0.25) is 14.4 Å². The van der Waals surface area contributed by atoms with E-state index < -0.39 is 41.6 Å². The second-order valence-corrected chi connectivity index (χ2v) is 10.7. The Morgan fingerprint density at radius 1 is 1.19 bits per heavy atom. The molecule has 0 radical (unpaired) electrons. The van der Waals surface area contributed by atoms with Crippen LogP contribution in [0.25, 0.3) is 0 Å². The number of phenolic OH excluding ortho intramolecular Hbond substituents is 1. The number of carbonyl (C=O) groups is 4. The van der Waals surface area contributed by atoms with E-state index in [9.17, 15) is 24.3 Å². The van der Waals surface area contributed by atoms with Gasteiger partial charge >= 0.3 is 12.1 Å². The third-order valence-corrected chi connectivity index (χ3v) is 5.93. The zero-order chi connectivity index (χ0) is 27.9. The number of alkyl carbamates (subject to hydrolysis) is 1. The number of phenols is 1. The highest BCUT2D eigenvalue weighted by molar-refractivity contribution is 5.93. The van der Waals surface area contributed by atoms with Gasteiger partial charge in [-0.05, 0) is 63.6 Å². The Morgan fingerprint density at radius 2 is 1.84 bits per heavy atom. The standard InChI is InChI=1S/C27H41N3O7/c1-8-36-21(32)12-13-28-24(33)23(18-10-9-11-19(31)15-18)30(20-14-17(20)4)25(34)22(16(2)3)29-26(35)37-27(5,6)7/h9-11,15-17,20,22-23,31H,8,12-14H2,1-7H3,(H,28,33)(H,29,35). The maximum Gasteiger partial charge on any atom is 0.408 e. The summed E-state index contributed by atoms with van der Waals surface area (Å²) in [6.07, 6.45) is -0.0558. The van der Waals surface area contributed by atoms with E-state index in [1.165, 1.54) is 17.0 Å². The minimum atomic E-state index is -1.08. The minimum Gasteiger partial charge on any atom is -0.508 e. The number of amides is 3. The van der Waals surface area contributed by atoms with Crippen LogP contribution in [0.15, 0.2) is 24.3 Å². The molecule has 3 amide bonds. The van der Waals surface area contributed by atoms with Gasteiger partial charge in [0.25, 0.3) is 0 Å². The fourth-order valence-electron chi connectivity index (χ4n) is 4.03. The summed E-state index contributed by atoms with van der Waals surface area (Å²) < 4.78 is 10.3. The topological polar surface area (TPSA) is 134 Å². The third kappa shape index (κ3) is 8.94. The molecular formula is C27H41N3O7. The molecule has 0 aromatic heterocycles. The molecule has 10 nitrogen and oxygen atoms in total. The summed E-state index contributed by atoms with van der Waals surface area (Å²) in [5.74, 6) is -1.57. The van der Waals surface area contributed by atoms with Crippen LogP contribution in [0.5, 0.6) is 5.75 Å². The monoisotopic (exact) mass is 519 g/mol. The number of hydrogen-bond acceptors (Lipinski definition) is 7. The van der Waals surface area contributed by atoms with E-state index in [4.69, 9.17) is 9.47 Å². The third-order valence-electron chi connectivity index (χ3n) is 5.93. The van der Waals surface area contributed by atoms with Crippen LogP contribution in [-0.2, 0) is 23.9 Å². The molecular weight excluding hydrogens is 478 g/mol. The van der Waals surface area contributed by atoms with E-state index in [-0.39, 0.29) is 43.2 Å². The molecule has 0 heterocycles. The first kappa shape index (κ1) is 29.9. The number of benzene rings is 1. The van der Waals surface area contributed by atoms with E-state index >= 15 is 0 Å². The van der Waals surface area contributed by atoms with Gasteiger partial charge in [-0.15, -0.1) is 0 Å². The molecule has 4 unspecified atom stereocenters. The molecule has 0 saturated heterocycles.